The van der Waals surface area contributed by atoms with E-state index in [1.165, 1.54) is 0 Å². The van der Waals surface area contributed by atoms with Crippen molar-refractivity contribution in [3.8, 4) is 22.6 Å². The molecule has 1 aromatic heterocycles. The number of nitrogens with zero attached hydrogens (tertiary/aromatic N) is 2. The second-order valence-electron chi connectivity index (χ2n) is 5.45. The van der Waals surface area contributed by atoms with Crippen LogP contribution in [-0.2, 0) is 4.74 Å². The first kappa shape index (κ1) is 17.1. The van der Waals surface area contributed by atoms with Gasteiger partial charge in [0.25, 0.3) is 0 Å². The van der Waals surface area contributed by atoms with E-state index >= 15 is 0 Å². The third-order valence-electron chi connectivity index (χ3n) is 3.70. The van der Waals surface area contributed by atoms with Crippen LogP contribution in [0.25, 0.3) is 22.6 Å². The molecule has 0 saturated heterocycles. The highest BCUT2D eigenvalue weighted by molar-refractivity contribution is 6.30. The Morgan fingerprint density at radius 2 is 1.76 bits per heavy atom. The number of rotatable bonds is 4. The van der Waals surface area contributed by atoms with Crippen molar-refractivity contribution < 1.29 is 9.53 Å². The first-order valence-corrected chi connectivity index (χ1v) is 8.35. The van der Waals surface area contributed by atoms with Gasteiger partial charge in [-0.1, -0.05) is 54.1 Å². The van der Waals surface area contributed by atoms with E-state index < -0.39 is 5.97 Å². The largest absolute Gasteiger partial charge is 0.462 e. The molecule has 0 bridgehead atoms. The standard InChI is InChI=1S/C20H17ClN2O2/c1-3-25-20(24)17-13(2)22-19(14-8-5-4-6-9-14)23-18(17)15-10-7-11-16(21)12-15/h4-12H,3H2,1-2H3. The fraction of sp³-hybridized carbons (Fsp3) is 0.150. The topological polar surface area (TPSA) is 52.1 Å². The van der Waals surface area contributed by atoms with Crippen molar-refractivity contribution in [3.05, 3.63) is 70.9 Å². The van der Waals surface area contributed by atoms with E-state index in [-0.39, 0.29) is 6.61 Å². The highest BCUT2D eigenvalue weighted by Crippen LogP contribution is 2.29. The number of carbonyl (C=O) groups excluding carboxylic acids is 1. The van der Waals surface area contributed by atoms with Crippen LogP contribution in [0, 0.1) is 6.92 Å². The van der Waals surface area contributed by atoms with Crippen molar-refractivity contribution in [1.29, 1.82) is 0 Å². The molecule has 25 heavy (non-hydrogen) atoms. The molecule has 0 aliphatic carbocycles. The van der Waals surface area contributed by atoms with Crippen LogP contribution >= 0.6 is 11.6 Å². The summed E-state index contributed by atoms with van der Waals surface area (Å²) < 4.78 is 5.19. The monoisotopic (exact) mass is 352 g/mol. The molecule has 0 spiro atoms. The maximum Gasteiger partial charge on any atom is 0.342 e. The fourth-order valence-corrected chi connectivity index (χ4v) is 2.77. The van der Waals surface area contributed by atoms with Crippen LogP contribution in [-0.4, -0.2) is 22.5 Å². The summed E-state index contributed by atoms with van der Waals surface area (Å²) in [4.78, 5) is 21.6. The van der Waals surface area contributed by atoms with Gasteiger partial charge in [0.2, 0.25) is 0 Å². The van der Waals surface area contributed by atoms with Crippen molar-refractivity contribution in [2.45, 2.75) is 13.8 Å². The number of carbonyl (C=O) groups is 1. The van der Waals surface area contributed by atoms with Gasteiger partial charge in [0, 0.05) is 16.1 Å². The van der Waals surface area contributed by atoms with E-state index in [1.54, 1.807) is 26.0 Å². The van der Waals surface area contributed by atoms with Crippen molar-refractivity contribution in [3.63, 3.8) is 0 Å². The number of esters is 1. The number of ether oxygens (including phenoxy) is 1. The zero-order valence-corrected chi connectivity index (χ0v) is 14.7. The average molecular weight is 353 g/mol. The van der Waals surface area contributed by atoms with Gasteiger partial charge in [0.15, 0.2) is 5.82 Å². The van der Waals surface area contributed by atoms with E-state index in [0.29, 0.717) is 27.8 Å². The number of aromatic nitrogens is 2. The van der Waals surface area contributed by atoms with Crippen LogP contribution < -0.4 is 0 Å². The normalized spacial score (nSPS) is 10.5. The van der Waals surface area contributed by atoms with Crippen molar-refractivity contribution in [2.75, 3.05) is 6.61 Å². The van der Waals surface area contributed by atoms with Gasteiger partial charge in [-0.05, 0) is 26.0 Å². The molecule has 2 aromatic carbocycles. The molecule has 4 nitrogen and oxygen atoms in total. The Kier molecular flexibility index (Phi) is 5.10. The van der Waals surface area contributed by atoms with Crippen LogP contribution in [0.5, 0.6) is 0 Å². The summed E-state index contributed by atoms with van der Waals surface area (Å²) in [5.41, 5.74) is 3.08. The quantitative estimate of drug-likeness (QED) is 0.623. The summed E-state index contributed by atoms with van der Waals surface area (Å²) in [6, 6.07) is 16.9. The van der Waals surface area contributed by atoms with Crippen LogP contribution in [0.15, 0.2) is 54.6 Å². The van der Waals surface area contributed by atoms with Gasteiger partial charge in [-0.3, -0.25) is 0 Å². The molecule has 0 fully saturated rings. The van der Waals surface area contributed by atoms with Gasteiger partial charge in [0.05, 0.1) is 18.0 Å². The molecule has 0 amide bonds. The predicted octanol–water partition coefficient (Wildman–Crippen LogP) is 4.95. The van der Waals surface area contributed by atoms with Crippen LogP contribution in [0.3, 0.4) is 0 Å². The molecule has 0 saturated carbocycles. The van der Waals surface area contributed by atoms with Gasteiger partial charge < -0.3 is 4.74 Å². The lowest BCUT2D eigenvalue weighted by Gasteiger charge is -2.13. The molecule has 0 N–H and O–H groups in total. The number of aryl methyl sites for hydroxylation is 1. The molecule has 0 radical (unpaired) electrons. The number of hydrogen-bond donors (Lipinski definition) is 0. The maximum absolute atomic E-state index is 12.5. The van der Waals surface area contributed by atoms with Gasteiger partial charge in [-0.25, -0.2) is 14.8 Å². The van der Waals surface area contributed by atoms with Crippen LogP contribution in [0.4, 0.5) is 0 Å². The van der Waals surface area contributed by atoms with Gasteiger partial charge in [-0.15, -0.1) is 0 Å². The average Bonchev–Trinajstić information content (AvgIpc) is 2.62. The molecule has 0 aliphatic rings. The SMILES string of the molecule is CCOC(=O)c1c(C)nc(-c2ccccc2)nc1-c1cccc(Cl)c1. The zero-order chi connectivity index (χ0) is 17.8. The molecule has 0 atom stereocenters. The molecule has 3 aromatic rings. The maximum atomic E-state index is 12.5. The number of halogens is 1. The molecular formula is C20H17ClN2O2. The van der Waals surface area contributed by atoms with E-state index in [9.17, 15) is 4.79 Å². The second kappa shape index (κ2) is 7.45. The van der Waals surface area contributed by atoms with E-state index in [2.05, 4.69) is 9.97 Å². The summed E-state index contributed by atoms with van der Waals surface area (Å²) in [5, 5.41) is 0.574. The fourth-order valence-electron chi connectivity index (χ4n) is 2.58. The van der Waals surface area contributed by atoms with Crippen molar-refractivity contribution in [1.82, 2.24) is 9.97 Å². The smallest absolute Gasteiger partial charge is 0.342 e. The lowest BCUT2D eigenvalue weighted by Crippen LogP contribution is -2.12. The third kappa shape index (κ3) is 3.69. The Bertz CT molecular complexity index is 911. The molecule has 3 rings (SSSR count). The Morgan fingerprint density at radius 1 is 1.04 bits per heavy atom. The van der Waals surface area contributed by atoms with Gasteiger partial charge in [0.1, 0.15) is 5.56 Å². The Morgan fingerprint density at radius 3 is 2.44 bits per heavy atom. The molecule has 126 valence electrons. The highest BCUT2D eigenvalue weighted by atomic mass is 35.5. The first-order valence-electron chi connectivity index (χ1n) is 7.97. The number of hydrogen-bond acceptors (Lipinski definition) is 4. The minimum Gasteiger partial charge on any atom is -0.462 e. The zero-order valence-electron chi connectivity index (χ0n) is 14.0. The Balaban J connectivity index is 2.24. The van der Waals surface area contributed by atoms with Crippen molar-refractivity contribution in [2.24, 2.45) is 0 Å². The summed E-state index contributed by atoms with van der Waals surface area (Å²) in [5.74, 6) is 0.121. The molecular weight excluding hydrogens is 336 g/mol. The summed E-state index contributed by atoms with van der Waals surface area (Å²) >= 11 is 6.12. The van der Waals surface area contributed by atoms with Crippen molar-refractivity contribution >= 4 is 17.6 Å². The second-order valence-corrected chi connectivity index (χ2v) is 5.89. The first-order chi connectivity index (χ1) is 12.1. The molecule has 0 unspecified atom stereocenters. The lowest BCUT2D eigenvalue weighted by molar-refractivity contribution is 0.0525. The third-order valence-corrected chi connectivity index (χ3v) is 3.93. The molecule has 0 aliphatic heterocycles. The van der Waals surface area contributed by atoms with Crippen LogP contribution in [0.2, 0.25) is 5.02 Å². The Labute approximate surface area is 151 Å². The summed E-state index contributed by atoms with van der Waals surface area (Å²) in [6.45, 7) is 3.84. The van der Waals surface area contributed by atoms with Gasteiger partial charge >= 0.3 is 5.97 Å². The molecule has 5 heteroatoms. The highest BCUT2D eigenvalue weighted by Gasteiger charge is 2.21. The minimum absolute atomic E-state index is 0.285. The summed E-state index contributed by atoms with van der Waals surface area (Å²) in [7, 11) is 0. The number of benzene rings is 2. The van der Waals surface area contributed by atoms with Gasteiger partial charge in [-0.2, -0.15) is 0 Å². The molecule has 1 heterocycles. The van der Waals surface area contributed by atoms with E-state index in [4.69, 9.17) is 16.3 Å². The minimum atomic E-state index is -0.436. The summed E-state index contributed by atoms with van der Waals surface area (Å²) in [6.07, 6.45) is 0. The predicted molar refractivity (Wildman–Crippen MR) is 98.6 cm³/mol. The van der Waals surface area contributed by atoms with E-state index in [0.717, 1.165) is 11.1 Å². The van der Waals surface area contributed by atoms with Crippen LogP contribution in [0.1, 0.15) is 23.0 Å². The Hall–Kier alpha value is -2.72. The lowest BCUT2D eigenvalue weighted by atomic mass is 10.0. The van der Waals surface area contributed by atoms with E-state index in [1.807, 2.05) is 42.5 Å².